The first-order valence-electron chi connectivity index (χ1n) is 8.10. The van der Waals surface area contributed by atoms with Crippen molar-refractivity contribution >= 4 is 22.8 Å². The summed E-state index contributed by atoms with van der Waals surface area (Å²) in [5.41, 5.74) is 8.77. The van der Waals surface area contributed by atoms with Crippen molar-refractivity contribution in [2.75, 3.05) is 19.3 Å². The van der Waals surface area contributed by atoms with Gasteiger partial charge in [0, 0.05) is 18.0 Å². The van der Waals surface area contributed by atoms with Gasteiger partial charge in [-0.3, -0.25) is 4.79 Å². The molecule has 0 radical (unpaired) electrons. The van der Waals surface area contributed by atoms with Crippen LogP contribution < -0.4 is 5.73 Å². The van der Waals surface area contributed by atoms with Crippen LogP contribution in [0, 0.1) is 0 Å². The lowest BCUT2D eigenvalue weighted by Crippen LogP contribution is -2.25. The molecular weight excluding hydrogens is 336 g/mol. The summed E-state index contributed by atoms with van der Waals surface area (Å²) < 4.78 is 5.37. The van der Waals surface area contributed by atoms with Crippen LogP contribution in [0.25, 0.3) is 11.5 Å². The van der Waals surface area contributed by atoms with Gasteiger partial charge < -0.3 is 15.1 Å². The molecule has 3 aromatic heterocycles. The Morgan fingerprint density at radius 2 is 2.24 bits per heavy atom. The Balaban J connectivity index is 1.58. The average Bonchev–Trinajstić information content (AvgIpc) is 3.25. The number of carbonyl (C=O) groups is 1. The van der Waals surface area contributed by atoms with Crippen LogP contribution in [0.5, 0.6) is 0 Å². The Bertz CT molecular complexity index is 917. The molecule has 0 spiro atoms. The van der Waals surface area contributed by atoms with Crippen molar-refractivity contribution in [2.45, 2.75) is 19.4 Å². The maximum atomic E-state index is 12.7. The minimum atomic E-state index is -0.0437. The SMILES string of the molecule is CN1CCc2sc(C(=O)Cc3nc(-c4ccco4)ccc3N)nc2C1. The van der Waals surface area contributed by atoms with Gasteiger partial charge in [-0.1, -0.05) is 0 Å². The van der Waals surface area contributed by atoms with Gasteiger partial charge in [-0.2, -0.15) is 0 Å². The molecule has 128 valence electrons. The Morgan fingerprint density at radius 1 is 1.36 bits per heavy atom. The molecule has 1 aliphatic heterocycles. The van der Waals surface area contributed by atoms with E-state index in [4.69, 9.17) is 10.2 Å². The smallest absolute Gasteiger partial charge is 0.197 e. The lowest BCUT2D eigenvalue weighted by atomic mass is 10.1. The van der Waals surface area contributed by atoms with E-state index in [1.54, 1.807) is 24.5 Å². The topological polar surface area (TPSA) is 85.2 Å². The van der Waals surface area contributed by atoms with Gasteiger partial charge in [0.2, 0.25) is 0 Å². The second kappa shape index (κ2) is 6.42. The summed E-state index contributed by atoms with van der Waals surface area (Å²) in [5.74, 6) is 0.610. The summed E-state index contributed by atoms with van der Waals surface area (Å²) in [4.78, 5) is 25.1. The number of Topliss-reactive ketones (excluding diaryl/α,β-unsaturated/α-hetero) is 1. The van der Waals surface area contributed by atoms with Crippen LogP contribution in [0.15, 0.2) is 34.9 Å². The number of nitrogens with zero attached hydrogens (tertiary/aromatic N) is 3. The van der Waals surface area contributed by atoms with Crippen LogP contribution in [0.4, 0.5) is 5.69 Å². The number of nitrogens with two attached hydrogens (primary N) is 1. The molecule has 0 bridgehead atoms. The molecule has 0 fully saturated rings. The number of ketones is 1. The maximum absolute atomic E-state index is 12.7. The maximum Gasteiger partial charge on any atom is 0.197 e. The molecule has 0 aromatic carbocycles. The van der Waals surface area contributed by atoms with Crippen molar-refractivity contribution in [3.05, 3.63) is 51.8 Å². The molecule has 0 amide bonds. The van der Waals surface area contributed by atoms with Crippen molar-refractivity contribution in [2.24, 2.45) is 0 Å². The fourth-order valence-corrected chi connectivity index (χ4v) is 3.89. The van der Waals surface area contributed by atoms with Crippen LogP contribution in [-0.4, -0.2) is 34.2 Å². The number of rotatable bonds is 4. The largest absolute Gasteiger partial charge is 0.463 e. The van der Waals surface area contributed by atoms with Crippen LogP contribution in [0.2, 0.25) is 0 Å². The van der Waals surface area contributed by atoms with E-state index in [0.717, 1.165) is 25.2 Å². The number of furan rings is 1. The van der Waals surface area contributed by atoms with Gasteiger partial charge in [-0.25, -0.2) is 9.97 Å². The van der Waals surface area contributed by atoms with Gasteiger partial charge in [0.05, 0.1) is 29.8 Å². The number of pyridine rings is 1. The van der Waals surface area contributed by atoms with Crippen molar-refractivity contribution in [1.29, 1.82) is 0 Å². The van der Waals surface area contributed by atoms with Crippen LogP contribution in [-0.2, 0) is 19.4 Å². The van der Waals surface area contributed by atoms with E-state index in [0.29, 0.717) is 27.8 Å². The number of thiazole rings is 1. The summed E-state index contributed by atoms with van der Waals surface area (Å²) in [5, 5.41) is 0.546. The summed E-state index contributed by atoms with van der Waals surface area (Å²) in [6.07, 6.45) is 2.68. The zero-order valence-corrected chi connectivity index (χ0v) is 14.7. The number of nitrogen functional groups attached to an aromatic ring is 1. The molecule has 6 nitrogen and oxygen atoms in total. The normalized spacial score (nSPS) is 14.4. The van der Waals surface area contributed by atoms with E-state index in [-0.39, 0.29) is 12.2 Å². The Hall–Kier alpha value is -2.51. The first kappa shape index (κ1) is 16.0. The number of fused-ring (bicyclic) bond motifs is 1. The molecule has 2 N–H and O–H groups in total. The van der Waals surface area contributed by atoms with E-state index in [2.05, 4.69) is 21.9 Å². The van der Waals surface area contributed by atoms with Gasteiger partial charge in [0.25, 0.3) is 0 Å². The summed E-state index contributed by atoms with van der Waals surface area (Å²) in [6.45, 7) is 1.80. The summed E-state index contributed by atoms with van der Waals surface area (Å²) in [7, 11) is 2.06. The van der Waals surface area contributed by atoms with Gasteiger partial charge in [0.15, 0.2) is 16.6 Å². The molecule has 3 aromatic rings. The van der Waals surface area contributed by atoms with Crippen molar-refractivity contribution in [3.63, 3.8) is 0 Å². The van der Waals surface area contributed by atoms with Crippen molar-refractivity contribution < 1.29 is 9.21 Å². The number of likely N-dealkylation sites (N-methyl/N-ethyl adjacent to an activating group) is 1. The highest BCUT2D eigenvalue weighted by atomic mass is 32.1. The molecule has 1 aliphatic rings. The molecular formula is C18H18N4O2S. The fraction of sp³-hybridized carbons (Fsp3) is 0.278. The number of anilines is 1. The second-order valence-electron chi connectivity index (χ2n) is 6.19. The molecule has 0 saturated heterocycles. The predicted molar refractivity (Wildman–Crippen MR) is 96.5 cm³/mol. The quantitative estimate of drug-likeness (QED) is 0.725. The highest BCUT2D eigenvalue weighted by Gasteiger charge is 2.22. The second-order valence-corrected chi connectivity index (χ2v) is 7.27. The molecule has 0 aliphatic carbocycles. The van der Waals surface area contributed by atoms with Crippen LogP contribution in [0.3, 0.4) is 0 Å². The van der Waals surface area contributed by atoms with E-state index < -0.39 is 0 Å². The van der Waals surface area contributed by atoms with E-state index >= 15 is 0 Å². The van der Waals surface area contributed by atoms with Crippen molar-refractivity contribution in [1.82, 2.24) is 14.9 Å². The molecule has 0 saturated carbocycles. The van der Waals surface area contributed by atoms with Crippen LogP contribution in [0.1, 0.15) is 26.1 Å². The number of hydrogen-bond donors (Lipinski definition) is 1. The molecule has 4 rings (SSSR count). The van der Waals surface area contributed by atoms with E-state index in [9.17, 15) is 4.79 Å². The highest BCUT2D eigenvalue weighted by Crippen LogP contribution is 2.26. The first-order valence-corrected chi connectivity index (χ1v) is 8.91. The Labute approximate surface area is 149 Å². The third-order valence-corrected chi connectivity index (χ3v) is 5.47. The zero-order valence-electron chi connectivity index (χ0n) is 13.9. The molecule has 4 heterocycles. The van der Waals surface area contributed by atoms with Crippen molar-refractivity contribution in [3.8, 4) is 11.5 Å². The van der Waals surface area contributed by atoms with E-state index in [1.807, 2.05) is 6.07 Å². The summed E-state index contributed by atoms with van der Waals surface area (Å²) >= 11 is 1.50. The zero-order chi connectivity index (χ0) is 17.4. The van der Waals surface area contributed by atoms with E-state index in [1.165, 1.54) is 16.2 Å². The predicted octanol–water partition coefficient (Wildman–Crippen LogP) is 2.79. The third kappa shape index (κ3) is 3.20. The van der Waals surface area contributed by atoms with Gasteiger partial charge in [0.1, 0.15) is 5.69 Å². The minimum Gasteiger partial charge on any atom is -0.463 e. The number of aromatic nitrogens is 2. The van der Waals surface area contributed by atoms with Crippen LogP contribution >= 0.6 is 11.3 Å². The first-order chi connectivity index (χ1) is 12.1. The average molecular weight is 354 g/mol. The third-order valence-electron chi connectivity index (χ3n) is 4.27. The lowest BCUT2D eigenvalue weighted by Gasteiger charge is -2.20. The fourth-order valence-electron chi connectivity index (χ4n) is 2.89. The lowest BCUT2D eigenvalue weighted by molar-refractivity contribution is 0.0991. The highest BCUT2D eigenvalue weighted by molar-refractivity contribution is 7.13. The minimum absolute atomic E-state index is 0.0437. The van der Waals surface area contributed by atoms with Gasteiger partial charge in [-0.15, -0.1) is 11.3 Å². The van der Waals surface area contributed by atoms with Gasteiger partial charge in [-0.05, 0) is 37.7 Å². The molecule has 7 heteroatoms. The Morgan fingerprint density at radius 3 is 3.04 bits per heavy atom. The number of hydrogen-bond acceptors (Lipinski definition) is 7. The van der Waals surface area contributed by atoms with Gasteiger partial charge >= 0.3 is 0 Å². The standard InChI is InChI=1S/C18H18N4O2S/c1-22-7-6-17-14(10-22)21-18(25-17)15(23)9-13-11(19)4-5-12(20-13)16-3-2-8-24-16/h2-5,8H,6-7,9-10,19H2,1H3. The number of carbonyl (C=O) groups excluding carboxylic acids is 1. The Kier molecular flexibility index (Phi) is 4.10. The molecule has 0 atom stereocenters. The summed E-state index contributed by atoms with van der Waals surface area (Å²) in [6, 6.07) is 7.18. The monoisotopic (exact) mass is 354 g/mol. The molecule has 0 unspecified atom stereocenters. The molecule has 25 heavy (non-hydrogen) atoms.